The van der Waals surface area contributed by atoms with Crippen molar-refractivity contribution in [3.05, 3.63) is 10.6 Å². The standard InChI is InChI=1S/C14H21N3O2S/c1-14(2)7-9(5-6-19-14)8-15-13(18)12-11(10-3-4-10)16-17-20-12/h9-10H,3-8H2,1-2H3,(H,15,18). The number of amides is 1. The fraction of sp³-hybridized carbons (Fsp3) is 0.786. The van der Waals surface area contributed by atoms with Crippen LogP contribution in [0.2, 0.25) is 0 Å². The Kier molecular flexibility index (Phi) is 3.77. The first-order valence-electron chi connectivity index (χ1n) is 7.29. The third-order valence-corrected chi connectivity index (χ3v) is 4.77. The summed E-state index contributed by atoms with van der Waals surface area (Å²) in [5.74, 6) is 0.954. The van der Waals surface area contributed by atoms with Gasteiger partial charge in [0.15, 0.2) is 0 Å². The quantitative estimate of drug-likeness (QED) is 0.926. The van der Waals surface area contributed by atoms with Crippen LogP contribution < -0.4 is 5.32 Å². The van der Waals surface area contributed by atoms with E-state index in [-0.39, 0.29) is 11.5 Å². The van der Waals surface area contributed by atoms with Crippen LogP contribution in [-0.4, -0.2) is 34.2 Å². The Labute approximate surface area is 123 Å². The molecule has 2 aliphatic rings. The van der Waals surface area contributed by atoms with E-state index in [0.717, 1.165) is 38.0 Å². The summed E-state index contributed by atoms with van der Waals surface area (Å²) in [5.41, 5.74) is 0.832. The maximum Gasteiger partial charge on any atom is 0.264 e. The third-order valence-electron chi connectivity index (χ3n) is 4.03. The van der Waals surface area contributed by atoms with Crippen molar-refractivity contribution in [1.29, 1.82) is 0 Å². The van der Waals surface area contributed by atoms with Crippen LogP contribution >= 0.6 is 11.5 Å². The Morgan fingerprint density at radius 3 is 2.95 bits per heavy atom. The molecule has 1 saturated heterocycles. The maximum atomic E-state index is 12.3. The van der Waals surface area contributed by atoms with Gasteiger partial charge in [-0.15, -0.1) is 5.10 Å². The summed E-state index contributed by atoms with van der Waals surface area (Å²) in [4.78, 5) is 13.0. The largest absolute Gasteiger partial charge is 0.376 e. The molecule has 1 atom stereocenters. The molecule has 1 aromatic rings. The predicted octanol–water partition coefficient (Wildman–Crippen LogP) is 2.35. The zero-order chi connectivity index (χ0) is 14.2. The van der Waals surface area contributed by atoms with E-state index in [4.69, 9.17) is 4.74 Å². The molecule has 110 valence electrons. The topological polar surface area (TPSA) is 64.1 Å². The minimum Gasteiger partial charge on any atom is -0.376 e. The third kappa shape index (κ3) is 3.17. The first-order chi connectivity index (χ1) is 9.55. The molecule has 1 unspecified atom stereocenters. The normalized spacial score (nSPS) is 25.4. The fourth-order valence-corrected chi connectivity index (χ4v) is 3.50. The number of carbonyl (C=O) groups is 1. The van der Waals surface area contributed by atoms with E-state index in [1.807, 2.05) is 0 Å². The molecule has 1 N–H and O–H groups in total. The Balaban J connectivity index is 1.55. The summed E-state index contributed by atoms with van der Waals surface area (Å²) >= 11 is 1.21. The minimum atomic E-state index is -0.0706. The van der Waals surface area contributed by atoms with Crippen molar-refractivity contribution in [1.82, 2.24) is 14.9 Å². The van der Waals surface area contributed by atoms with Crippen LogP contribution in [0.4, 0.5) is 0 Å². The average molecular weight is 295 g/mol. The molecular weight excluding hydrogens is 274 g/mol. The van der Waals surface area contributed by atoms with E-state index >= 15 is 0 Å². The van der Waals surface area contributed by atoms with Crippen LogP contribution in [0.1, 0.15) is 60.8 Å². The molecule has 0 radical (unpaired) electrons. The summed E-state index contributed by atoms with van der Waals surface area (Å²) in [6.45, 7) is 5.72. The molecule has 5 nitrogen and oxygen atoms in total. The monoisotopic (exact) mass is 295 g/mol. The van der Waals surface area contributed by atoms with Gasteiger partial charge in [-0.3, -0.25) is 4.79 Å². The molecule has 1 aliphatic carbocycles. The molecule has 2 fully saturated rings. The minimum absolute atomic E-state index is 0.00815. The molecule has 1 amide bonds. The second-order valence-corrected chi connectivity index (χ2v) is 7.19. The molecule has 2 heterocycles. The van der Waals surface area contributed by atoms with Gasteiger partial charge in [-0.1, -0.05) is 4.49 Å². The SMILES string of the molecule is CC1(C)CC(CNC(=O)c2snnc2C2CC2)CCO1. The number of hydrogen-bond donors (Lipinski definition) is 1. The van der Waals surface area contributed by atoms with Crippen molar-refractivity contribution in [2.24, 2.45) is 5.92 Å². The van der Waals surface area contributed by atoms with Crippen LogP contribution in [-0.2, 0) is 4.74 Å². The smallest absolute Gasteiger partial charge is 0.264 e. The number of nitrogens with zero attached hydrogens (tertiary/aromatic N) is 2. The fourth-order valence-electron chi connectivity index (χ4n) is 2.83. The summed E-state index contributed by atoms with van der Waals surface area (Å²) in [6, 6.07) is 0. The Hall–Kier alpha value is -1.01. The van der Waals surface area contributed by atoms with E-state index in [0.29, 0.717) is 23.3 Å². The Morgan fingerprint density at radius 2 is 2.25 bits per heavy atom. The van der Waals surface area contributed by atoms with Crippen molar-refractivity contribution >= 4 is 17.4 Å². The highest BCUT2D eigenvalue weighted by Crippen LogP contribution is 2.41. The second-order valence-electron chi connectivity index (χ2n) is 6.44. The Morgan fingerprint density at radius 1 is 1.45 bits per heavy atom. The second kappa shape index (κ2) is 5.41. The first kappa shape index (κ1) is 13.9. The van der Waals surface area contributed by atoms with Crippen molar-refractivity contribution in [2.75, 3.05) is 13.2 Å². The Bertz CT molecular complexity index is 496. The summed E-state index contributed by atoms with van der Waals surface area (Å²) < 4.78 is 9.64. The van der Waals surface area contributed by atoms with Gasteiger partial charge in [-0.05, 0) is 57.0 Å². The zero-order valence-corrected chi connectivity index (χ0v) is 12.8. The zero-order valence-electron chi connectivity index (χ0n) is 12.0. The van der Waals surface area contributed by atoms with Gasteiger partial charge in [0.1, 0.15) is 4.88 Å². The van der Waals surface area contributed by atoms with Crippen molar-refractivity contribution in [2.45, 2.75) is 51.0 Å². The van der Waals surface area contributed by atoms with E-state index in [2.05, 4.69) is 28.8 Å². The van der Waals surface area contributed by atoms with Crippen LogP contribution in [0.25, 0.3) is 0 Å². The summed E-state index contributed by atoms with van der Waals surface area (Å²) in [5, 5.41) is 7.16. The highest BCUT2D eigenvalue weighted by molar-refractivity contribution is 7.08. The van der Waals surface area contributed by atoms with Gasteiger partial charge in [0, 0.05) is 19.1 Å². The van der Waals surface area contributed by atoms with E-state index in [1.165, 1.54) is 11.5 Å². The van der Waals surface area contributed by atoms with Crippen molar-refractivity contribution in [3.8, 4) is 0 Å². The predicted molar refractivity (Wildman–Crippen MR) is 77.0 cm³/mol. The van der Waals surface area contributed by atoms with Crippen molar-refractivity contribution in [3.63, 3.8) is 0 Å². The molecular formula is C14H21N3O2S. The van der Waals surface area contributed by atoms with Crippen molar-refractivity contribution < 1.29 is 9.53 Å². The number of ether oxygens (including phenoxy) is 1. The highest BCUT2D eigenvalue weighted by Gasteiger charge is 2.32. The van der Waals surface area contributed by atoms with Gasteiger partial charge in [0.2, 0.25) is 0 Å². The van der Waals surface area contributed by atoms with E-state index in [1.54, 1.807) is 0 Å². The van der Waals surface area contributed by atoms with Gasteiger partial charge >= 0.3 is 0 Å². The average Bonchev–Trinajstić information content (AvgIpc) is 3.12. The lowest BCUT2D eigenvalue weighted by molar-refractivity contribution is -0.0715. The van der Waals surface area contributed by atoms with Crippen LogP contribution in [0.5, 0.6) is 0 Å². The van der Waals surface area contributed by atoms with Crippen LogP contribution in [0, 0.1) is 5.92 Å². The molecule has 0 spiro atoms. The summed E-state index contributed by atoms with van der Waals surface area (Å²) in [6.07, 6.45) is 4.28. The van der Waals surface area contributed by atoms with Gasteiger partial charge in [0.05, 0.1) is 11.3 Å². The number of nitrogens with one attached hydrogen (secondary N) is 1. The maximum absolute atomic E-state index is 12.3. The number of hydrogen-bond acceptors (Lipinski definition) is 5. The van der Waals surface area contributed by atoms with E-state index < -0.39 is 0 Å². The highest BCUT2D eigenvalue weighted by atomic mass is 32.1. The van der Waals surface area contributed by atoms with Crippen LogP contribution in [0.15, 0.2) is 0 Å². The van der Waals surface area contributed by atoms with Gasteiger partial charge < -0.3 is 10.1 Å². The number of rotatable bonds is 4. The molecule has 1 aliphatic heterocycles. The summed E-state index contributed by atoms with van der Waals surface area (Å²) in [7, 11) is 0. The molecule has 0 bridgehead atoms. The molecule has 1 saturated carbocycles. The lowest BCUT2D eigenvalue weighted by Crippen LogP contribution is -2.39. The van der Waals surface area contributed by atoms with Gasteiger partial charge in [0.25, 0.3) is 5.91 Å². The van der Waals surface area contributed by atoms with Gasteiger partial charge in [-0.2, -0.15) is 0 Å². The number of aromatic nitrogens is 2. The molecule has 6 heteroatoms. The molecule has 0 aromatic carbocycles. The lowest BCUT2D eigenvalue weighted by Gasteiger charge is -2.35. The van der Waals surface area contributed by atoms with Crippen LogP contribution in [0.3, 0.4) is 0 Å². The number of carbonyl (C=O) groups excluding carboxylic acids is 1. The lowest BCUT2D eigenvalue weighted by atomic mass is 9.88. The molecule has 1 aromatic heterocycles. The molecule has 3 rings (SSSR count). The van der Waals surface area contributed by atoms with Gasteiger partial charge in [-0.25, -0.2) is 0 Å². The van der Waals surface area contributed by atoms with E-state index in [9.17, 15) is 4.79 Å². The molecule has 20 heavy (non-hydrogen) atoms. The first-order valence-corrected chi connectivity index (χ1v) is 8.07.